The minimum Gasteiger partial charge on any atom is -0.368 e. The zero-order valence-corrected chi connectivity index (χ0v) is 11.4. The van der Waals surface area contributed by atoms with Gasteiger partial charge in [0, 0.05) is 19.4 Å². The minimum absolute atomic E-state index is 0.467. The monoisotopic (exact) mass is 253 g/mol. The first-order chi connectivity index (χ1) is 8.40. The fourth-order valence-electron chi connectivity index (χ4n) is 1.74. The number of amides is 1. The van der Waals surface area contributed by atoms with E-state index >= 15 is 0 Å². The van der Waals surface area contributed by atoms with Crippen LogP contribution in [0.1, 0.15) is 45.3 Å². The Morgan fingerprint density at radius 1 is 1.39 bits per heavy atom. The molecular weight excluding hydrogens is 230 g/mol. The first-order valence-corrected chi connectivity index (χ1v) is 6.42. The van der Waals surface area contributed by atoms with Gasteiger partial charge in [-0.3, -0.25) is 4.79 Å². The van der Waals surface area contributed by atoms with Crippen molar-refractivity contribution < 1.29 is 4.79 Å². The Morgan fingerprint density at radius 2 is 2.06 bits per heavy atom. The third-order valence-corrected chi connectivity index (χ3v) is 3.05. The summed E-state index contributed by atoms with van der Waals surface area (Å²) >= 11 is 0. The van der Waals surface area contributed by atoms with Crippen molar-refractivity contribution in [2.24, 2.45) is 11.5 Å². The summed E-state index contributed by atoms with van der Waals surface area (Å²) in [5.41, 5.74) is 10.1. The van der Waals surface area contributed by atoms with Crippen LogP contribution >= 0.6 is 0 Å². The summed E-state index contributed by atoms with van der Waals surface area (Å²) in [6.07, 6.45) is 2.99. The molecule has 0 aromatic carbocycles. The Kier molecular flexibility index (Phi) is 4.84. The normalized spacial score (nSPS) is 14.4. The molecule has 1 amide bonds. The summed E-state index contributed by atoms with van der Waals surface area (Å²) in [7, 11) is 0. The summed E-state index contributed by atoms with van der Waals surface area (Å²) in [5.74, 6) is 1.37. The van der Waals surface area contributed by atoms with Gasteiger partial charge >= 0.3 is 0 Å². The molecule has 0 saturated heterocycles. The highest BCUT2D eigenvalue weighted by molar-refractivity contribution is 5.83. The molecule has 1 heterocycles. The maximum Gasteiger partial charge on any atom is 0.237 e. The van der Waals surface area contributed by atoms with Crippen LogP contribution in [-0.2, 0) is 24.2 Å². The standard InChI is InChI=1S/C12H23N5O/c1-4-9-15-10(5-2)17(16-9)8-6-7-12(3,14)11(13)18/h4-8,14H2,1-3H3,(H2,13,18). The number of aryl methyl sites for hydroxylation is 3. The average molecular weight is 253 g/mol. The van der Waals surface area contributed by atoms with E-state index in [9.17, 15) is 4.79 Å². The van der Waals surface area contributed by atoms with E-state index in [1.165, 1.54) is 0 Å². The fourth-order valence-corrected chi connectivity index (χ4v) is 1.74. The van der Waals surface area contributed by atoms with Crippen LogP contribution in [0.2, 0.25) is 0 Å². The Morgan fingerprint density at radius 3 is 2.56 bits per heavy atom. The zero-order valence-electron chi connectivity index (χ0n) is 11.4. The first-order valence-electron chi connectivity index (χ1n) is 6.42. The van der Waals surface area contributed by atoms with Gasteiger partial charge < -0.3 is 11.5 Å². The van der Waals surface area contributed by atoms with Gasteiger partial charge in [-0.05, 0) is 19.8 Å². The molecule has 1 unspecified atom stereocenters. The lowest BCUT2D eigenvalue weighted by atomic mass is 9.96. The van der Waals surface area contributed by atoms with Gasteiger partial charge in [-0.1, -0.05) is 13.8 Å². The van der Waals surface area contributed by atoms with Gasteiger partial charge in [0.15, 0.2) is 5.82 Å². The maximum atomic E-state index is 11.1. The molecule has 18 heavy (non-hydrogen) atoms. The largest absolute Gasteiger partial charge is 0.368 e. The van der Waals surface area contributed by atoms with E-state index in [1.807, 2.05) is 11.6 Å². The van der Waals surface area contributed by atoms with E-state index < -0.39 is 11.4 Å². The number of carbonyl (C=O) groups excluding carboxylic acids is 1. The van der Waals surface area contributed by atoms with Crippen LogP contribution in [0, 0.1) is 0 Å². The van der Waals surface area contributed by atoms with Gasteiger partial charge in [-0.2, -0.15) is 5.10 Å². The van der Waals surface area contributed by atoms with Gasteiger partial charge in [0.05, 0.1) is 5.54 Å². The second-order valence-corrected chi connectivity index (χ2v) is 4.76. The molecule has 1 aromatic rings. The van der Waals surface area contributed by atoms with Gasteiger partial charge in [0.1, 0.15) is 5.82 Å². The van der Waals surface area contributed by atoms with E-state index in [0.29, 0.717) is 6.42 Å². The van der Waals surface area contributed by atoms with Crippen LogP contribution in [-0.4, -0.2) is 26.2 Å². The van der Waals surface area contributed by atoms with Crippen molar-refractivity contribution in [1.29, 1.82) is 0 Å². The van der Waals surface area contributed by atoms with E-state index in [4.69, 9.17) is 11.5 Å². The van der Waals surface area contributed by atoms with Crippen molar-refractivity contribution in [3.05, 3.63) is 11.6 Å². The smallest absolute Gasteiger partial charge is 0.237 e. The van der Waals surface area contributed by atoms with Gasteiger partial charge in [0.2, 0.25) is 5.91 Å². The molecule has 102 valence electrons. The summed E-state index contributed by atoms with van der Waals surface area (Å²) in [6.45, 7) is 6.46. The molecule has 0 radical (unpaired) electrons. The lowest BCUT2D eigenvalue weighted by molar-refractivity contribution is -0.122. The van der Waals surface area contributed by atoms with Crippen molar-refractivity contribution in [2.75, 3.05) is 0 Å². The summed E-state index contributed by atoms with van der Waals surface area (Å²) in [4.78, 5) is 15.5. The molecule has 0 aliphatic carbocycles. The molecule has 0 saturated carbocycles. The number of nitrogens with two attached hydrogens (primary N) is 2. The van der Waals surface area contributed by atoms with Gasteiger partial charge in [-0.15, -0.1) is 0 Å². The molecule has 1 atom stereocenters. The number of carbonyl (C=O) groups is 1. The SMILES string of the molecule is CCc1nc(CC)n(CCCC(C)(N)C(N)=O)n1. The Labute approximate surface area is 108 Å². The maximum absolute atomic E-state index is 11.1. The molecule has 0 aliphatic heterocycles. The molecule has 0 aliphatic rings. The van der Waals surface area contributed by atoms with E-state index in [1.54, 1.807) is 6.92 Å². The molecular formula is C12H23N5O. The summed E-state index contributed by atoms with van der Waals surface area (Å²) < 4.78 is 1.90. The molecule has 6 heteroatoms. The molecule has 0 spiro atoms. The van der Waals surface area contributed by atoms with E-state index in [2.05, 4.69) is 17.0 Å². The van der Waals surface area contributed by atoms with Crippen LogP contribution < -0.4 is 11.5 Å². The number of rotatable bonds is 7. The van der Waals surface area contributed by atoms with Gasteiger partial charge in [-0.25, -0.2) is 9.67 Å². The third kappa shape index (κ3) is 3.53. The summed E-state index contributed by atoms with van der Waals surface area (Å²) in [6, 6.07) is 0. The number of hydrogen-bond donors (Lipinski definition) is 2. The number of hydrogen-bond acceptors (Lipinski definition) is 4. The van der Waals surface area contributed by atoms with Crippen molar-refractivity contribution in [3.8, 4) is 0 Å². The van der Waals surface area contributed by atoms with Crippen LogP contribution in [0.4, 0.5) is 0 Å². The molecule has 1 aromatic heterocycles. The van der Waals surface area contributed by atoms with Crippen molar-refractivity contribution in [2.45, 2.75) is 58.5 Å². The van der Waals surface area contributed by atoms with Crippen LogP contribution in [0.25, 0.3) is 0 Å². The third-order valence-electron chi connectivity index (χ3n) is 3.05. The predicted octanol–water partition coefficient (Wildman–Crippen LogP) is 0.386. The Hall–Kier alpha value is -1.43. The van der Waals surface area contributed by atoms with E-state index in [0.717, 1.165) is 37.5 Å². The second kappa shape index (κ2) is 5.95. The van der Waals surface area contributed by atoms with E-state index in [-0.39, 0.29) is 0 Å². The van der Waals surface area contributed by atoms with Gasteiger partial charge in [0.25, 0.3) is 0 Å². The lowest BCUT2D eigenvalue weighted by Gasteiger charge is -2.20. The molecule has 6 nitrogen and oxygen atoms in total. The van der Waals surface area contributed by atoms with Crippen LogP contribution in [0.15, 0.2) is 0 Å². The molecule has 4 N–H and O–H groups in total. The van der Waals surface area contributed by atoms with Crippen LogP contribution in [0.3, 0.4) is 0 Å². The number of primary amides is 1. The van der Waals surface area contributed by atoms with Crippen molar-refractivity contribution >= 4 is 5.91 Å². The first kappa shape index (κ1) is 14.6. The lowest BCUT2D eigenvalue weighted by Crippen LogP contribution is -2.49. The Balaban J connectivity index is 2.58. The fraction of sp³-hybridized carbons (Fsp3) is 0.750. The highest BCUT2D eigenvalue weighted by Crippen LogP contribution is 2.10. The average Bonchev–Trinajstić information content (AvgIpc) is 2.71. The molecule has 0 fully saturated rings. The Bertz CT molecular complexity index is 411. The molecule has 0 bridgehead atoms. The number of nitrogens with zero attached hydrogens (tertiary/aromatic N) is 3. The van der Waals surface area contributed by atoms with Crippen molar-refractivity contribution in [1.82, 2.24) is 14.8 Å². The number of aromatic nitrogens is 3. The minimum atomic E-state index is -0.944. The zero-order chi connectivity index (χ0) is 13.8. The van der Waals surface area contributed by atoms with Crippen LogP contribution in [0.5, 0.6) is 0 Å². The highest BCUT2D eigenvalue weighted by Gasteiger charge is 2.24. The molecule has 1 rings (SSSR count). The highest BCUT2D eigenvalue weighted by atomic mass is 16.1. The quantitative estimate of drug-likeness (QED) is 0.734. The van der Waals surface area contributed by atoms with Crippen molar-refractivity contribution in [3.63, 3.8) is 0 Å². The second-order valence-electron chi connectivity index (χ2n) is 4.76. The summed E-state index contributed by atoms with van der Waals surface area (Å²) in [5, 5.41) is 4.41. The predicted molar refractivity (Wildman–Crippen MR) is 69.8 cm³/mol. The topological polar surface area (TPSA) is 99.8 Å².